The first kappa shape index (κ1) is 17.0. The van der Waals surface area contributed by atoms with Crippen molar-refractivity contribution < 1.29 is 8.42 Å². The zero-order valence-electron chi connectivity index (χ0n) is 12.3. The molecule has 22 heavy (non-hydrogen) atoms. The number of sulfonamides is 1. The second-order valence-corrected chi connectivity index (χ2v) is 7.15. The minimum absolute atomic E-state index is 0.00196. The molecular formula is C14H19ClN4O2S. The maximum Gasteiger partial charge on any atom is 0.262 e. The molecule has 0 aliphatic rings. The van der Waals surface area contributed by atoms with Gasteiger partial charge in [0.15, 0.2) is 5.03 Å². The number of aryl methyl sites for hydroxylation is 1. The summed E-state index contributed by atoms with van der Waals surface area (Å²) in [7, 11) is -2.19. The van der Waals surface area contributed by atoms with Gasteiger partial charge in [-0.3, -0.25) is 4.68 Å². The van der Waals surface area contributed by atoms with Gasteiger partial charge in [-0.05, 0) is 18.5 Å². The van der Waals surface area contributed by atoms with Gasteiger partial charge in [-0.15, -0.1) is 0 Å². The van der Waals surface area contributed by atoms with E-state index in [4.69, 9.17) is 17.3 Å². The van der Waals surface area contributed by atoms with Crippen molar-refractivity contribution in [1.82, 2.24) is 14.1 Å². The van der Waals surface area contributed by atoms with Crippen LogP contribution in [0.1, 0.15) is 12.0 Å². The van der Waals surface area contributed by atoms with Crippen molar-refractivity contribution in [3.8, 4) is 0 Å². The van der Waals surface area contributed by atoms with Crippen LogP contribution in [0, 0.1) is 0 Å². The van der Waals surface area contributed by atoms with Crippen molar-refractivity contribution in [3.63, 3.8) is 0 Å². The van der Waals surface area contributed by atoms with Crippen molar-refractivity contribution in [3.05, 3.63) is 47.1 Å². The number of rotatable bonds is 7. The highest BCUT2D eigenvalue weighted by Gasteiger charge is 2.29. The van der Waals surface area contributed by atoms with Gasteiger partial charge in [-0.2, -0.15) is 9.40 Å². The summed E-state index contributed by atoms with van der Waals surface area (Å²) in [4.78, 5) is 0. The van der Waals surface area contributed by atoms with Crippen molar-refractivity contribution >= 4 is 21.6 Å². The first-order valence-corrected chi connectivity index (χ1v) is 8.70. The first-order chi connectivity index (χ1) is 10.5. The van der Waals surface area contributed by atoms with Gasteiger partial charge in [-0.1, -0.05) is 41.9 Å². The van der Waals surface area contributed by atoms with Crippen LogP contribution < -0.4 is 5.73 Å². The van der Waals surface area contributed by atoms with Gasteiger partial charge in [0, 0.05) is 20.1 Å². The van der Waals surface area contributed by atoms with E-state index < -0.39 is 10.0 Å². The van der Waals surface area contributed by atoms with Gasteiger partial charge in [0.1, 0.15) is 0 Å². The number of halogens is 1. The number of benzene rings is 1. The van der Waals surface area contributed by atoms with Crippen molar-refractivity contribution in [2.45, 2.75) is 18.0 Å². The van der Waals surface area contributed by atoms with Gasteiger partial charge in [-0.25, -0.2) is 8.42 Å². The molecule has 0 saturated heterocycles. The number of nitrogens with two attached hydrogens (primary N) is 1. The highest BCUT2D eigenvalue weighted by atomic mass is 35.5. The molecule has 8 heteroatoms. The third-order valence-electron chi connectivity index (χ3n) is 3.24. The predicted octanol–water partition coefficient (Wildman–Crippen LogP) is 1.61. The Balaban J connectivity index is 2.36. The molecule has 0 radical (unpaired) electrons. The summed E-state index contributed by atoms with van der Waals surface area (Å²) < 4.78 is 28.4. The van der Waals surface area contributed by atoms with Gasteiger partial charge in [0.25, 0.3) is 10.0 Å². The predicted molar refractivity (Wildman–Crippen MR) is 85.9 cm³/mol. The molecule has 1 heterocycles. The minimum Gasteiger partial charge on any atom is -0.330 e. The molecule has 2 rings (SSSR count). The van der Waals surface area contributed by atoms with Gasteiger partial charge in [0.05, 0.1) is 11.2 Å². The summed E-state index contributed by atoms with van der Waals surface area (Å²) in [6.45, 7) is 1.01. The molecule has 2 aromatic rings. The normalized spacial score (nSPS) is 12.0. The highest BCUT2D eigenvalue weighted by Crippen LogP contribution is 2.25. The van der Waals surface area contributed by atoms with E-state index in [9.17, 15) is 8.42 Å². The smallest absolute Gasteiger partial charge is 0.262 e. The van der Waals surface area contributed by atoms with Gasteiger partial charge >= 0.3 is 0 Å². The zero-order chi connectivity index (χ0) is 16.2. The maximum atomic E-state index is 12.9. The fraction of sp³-hybridized carbons (Fsp3) is 0.357. The highest BCUT2D eigenvalue weighted by molar-refractivity contribution is 7.89. The summed E-state index contributed by atoms with van der Waals surface area (Å²) in [6, 6.07) is 9.41. The fourth-order valence-electron chi connectivity index (χ4n) is 2.15. The van der Waals surface area contributed by atoms with E-state index in [1.54, 1.807) is 7.05 Å². The van der Waals surface area contributed by atoms with Crippen LogP contribution >= 0.6 is 11.6 Å². The molecule has 120 valence electrons. The van der Waals surface area contributed by atoms with Crippen molar-refractivity contribution in [2.75, 3.05) is 13.1 Å². The molecule has 0 aliphatic carbocycles. The molecule has 0 fully saturated rings. The van der Waals surface area contributed by atoms with Crippen molar-refractivity contribution in [2.24, 2.45) is 12.8 Å². The molecule has 0 amide bonds. The Labute approximate surface area is 135 Å². The molecule has 2 N–H and O–H groups in total. The van der Waals surface area contributed by atoms with E-state index >= 15 is 0 Å². The second-order valence-electron chi connectivity index (χ2n) is 4.89. The molecule has 0 unspecified atom stereocenters. The lowest BCUT2D eigenvalue weighted by atomic mass is 10.2. The number of aromatic nitrogens is 2. The minimum atomic E-state index is -3.74. The number of nitrogens with zero attached hydrogens (tertiary/aromatic N) is 3. The number of hydrogen-bond acceptors (Lipinski definition) is 4. The molecule has 0 atom stereocenters. The summed E-state index contributed by atoms with van der Waals surface area (Å²) in [5.41, 5.74) is 6.43. The van der Waals surface area contributed by atoms with E-state index in [0.29, 0.717) is 19.5 Å². The third-order valence-corrected chi connectivity index (χ3v) is 5.59. The standard InChI is InChI=1S/C14H19ClN4O2S/c1-18-14(13(15)10-17-18)22(20,21)19(9-5-8-16)11-12-6-3-2-4-7-12/h2-4,6-7,10H,5,8-9,11,16H2,1H3. The second kappa shape index (κ2) is 7.23. The zero-order valence-corrected chi connectivity index (χ0v) is 13.9. The van der Waals surface area contributed by atoms with E-state index in [1.165, 1.54) is 15.2 Å². The average molecular weight is 343 g/mol. The van der Waals surface area contributed by atoms with E-state index in [-0.39, 0.29) is 16.6 Å². The summed E-state index contributed by atoms with van der Waals surface area (Å²) >= 11 is 6.00. The lowest BCUT2D eigenvalue weighted by molar-refractivity contribution is 0.396. The SMILES string of the molecule is Cn1ncc(Cl)c1S(=O)(=O)N(CCCN)Cc1ccccc1. The Morgan fingerprint density at radius 3 is 2.55 bits per heavy atom. The fourth-order valence-corrected chi connectivity index (χ4v) is 4.22. The van der Waals surface area contributed by atoms with E-state index in [0.717, 1.165) is 5.56 Å². The Hall–Kier alpha value is -1.41. The van der Waals surface area contributed by atoms with Crippen LogP contribution in [0.15, 0.2) is 41.6 Å². The quantitative estimate of drug-likeness (QED) is 0.829. The lowest BCUT2D eigenvalue weighted by Crippen LogP contribution is -2.34. The van der Waals surface area contributed by atoms with Gasteiger partial charge < -0.3 is 5.73 Å². The first-order valence-electron chi connectivity index (χ1n) is 6.88. The molecule has 0 spiro atoms. The summed E-state index contributed by atoms with van der Waals surface area (Å²) in [6.07, 6.45) is 1.90. The Morgan fingerprint density at radius 2 is 2.00 bits per heavy atom. The van der Waals surface area contributed by atoms with Crippen LogP contribution in [0.4, 0.5) is 0 Å². The Kier molecular flexibility index (Phi) is 5.57. The summed E-state index contributed by atoms with van der Waals surface area (Å²) in [5, 5.41) is 4.03. The third kappa shape index (κ3) is 3.67. The molecule has 0 saturated carbocycles. The Bertz CT molecular complexity index is 696. The topological polar surface area (TPSA) is 81.2 Å². The van der Waals surface area contributed by atoms with Crippen LogP contribution in [0.2, 0.25) is 5.02 Å². The van der Waals surface area contributed by atoms with Crippen LogP contribution in [0.25, 0.3) is 0 Å². The molecule has 1 aromatic heterocycles. The van der Waals surface area contributed by atoms with Crippen molar-refractivity contribution in [1.29, 1.82) is 0 Å². The molecule has 0 aliphatic heterocycles. The van der Waals surface area contributed by atoms with Crippen LogP contribution in [0.5, 0.6) is 0 Å². The molecular weight excluding hydrogens is 324 g/mol. The Morgan fingerprint density at radius 1 is 1.32 bits per heavy atom. The lowest BCUT2D eigenvalue weighted by Gasteiger charge is -2.22. The van der Waals surface area contributed by atoms with E-state index in [2.05, 4.69) is 5.10 Å². The number of hydrogen-bond donors (Lipinski definition) is 1. The average Bonchev–Trinajstić information content (AvgIpc) is 2.84. The molecule has 1 aromatic carbocycles. The van der Waals surface area contributed by atoms with E-state index in [1.807, 2.05) is 30.3 Å². The van der Waals surface area contributed by atoms with Crippen LogP contribution in [0.3, 0.4) is 0 Å². The van der Waals surface area contributed by atoms with Crippen LogP contribution in [-0.4, -0.2) is 35.6 Å². The van der Waals surface area contributed by atoms with Gasteiger partial charge in [0.2, 0.25) is 0 Å². The monoisotopic (exact) mass is 342 g/mol. The molecule has 0 bridgehead atoms. The molecule has 6 nitrogen and oxygen atoms in total. The summed E-state index contributed by atoms with van der Waals surface area (Å²) in [5.74, 6) is 0. The van der Waals surface area contributed by atoms with Crippen LogP contribution in [-0.2, 0) is 23.6 Å². The largest absolute Gasteiger partial charge is 0.330 e. The maximum absolute atomic E-state index is 12.9.